The number of nitrogens with two attached hydrogens (primary N) is 1. The highest BCUT2D eigenvalue weighted by molar-refractivity contribution is 7.99. The van der Waals surface area contributed by atoms with Gasteiger partial charge in [0, 0.05) is 17.8 Å². The molecule has 7 heteroatoms. The van der Waals surface area contributed by atoms with Crippen molar-refractivity contribution in [2.75, 3.05) is 25.2 Å². The fraction of sp³-hybridized carbons (Fsp3) is 1.00. The van der Waals surface area contributed by atoms with Crippen molar-refractivity contribution in [1.82, 2.24) is 5.32 Å². The molecule has 86 valence electrons. The third-order valence-corrected chi connectivity index (χ3v) is 3.83. The minimum absolute atomic E-state index is 0.0664. The van der Waals surface area contributed by atoms with Gasteiger partial charge in [-0.3, -0.25) is 0 Å². The van der Waals surface area contributed by atoms with Crippen LogP contribution in [0.1, 0.15) is 6.92 Å². The molecule has 0 aromatic carbocycles. The van der Waals surface area contributed by atoms with Crippen LogP contribution in [0, 0.1) is 0 Å². The fourth-order valence-electron chi connectivity index (χ4n) is 0.997. The second-order valence-electron chi connectivity index (χ2n) is 3.07. The molecule has 0 aromatic heterocycles. The lowest BCUT2D eigenvalue weighted by atomic mass is 10.2. The van der Waals surface area contributed by atoms with Crippen LogP contribution in [0.2, 0.25) is 0 Å². The van der Waals surface area contributed by atoms with E-state index in [4.69, 9.17) is 10.2 Å². The number of hydrogen-bond donors (Lipinski definition) is 3. The first-order valence-corrected chi connectivity index (χ1v) is 7.28. The summed E-state index contributed by atoms with van der Waals surface area (Å²) in [7, 11) is -3.39. The van der Waals surface area contributed by atoms with Gasteiger partial charge in [-0.2, -0.15) is 11.8 Å². The highest BCUT2D eigenvalue weighted by Gasteiger charge is 2.14. The summed E-state index contributed by atoms with van der Waals surface area (Å²) in [6.45, 7) is 2.29. The fourth-order valence-corrected chi connectivity index (χ4v) is 2.05. The Labute approximate surface area is 89.5 Å². The average molecular weight is 242 g/mol. The van der Waals surface area contributed by atoms with E-state index >= 15 is 0 Å². The molecule has 0 amide bonds. The van der Waals surface area contributed by atoms with Crippen molar-refractivity contribution < 1.29 is 13.5 Å². The molecule has 4 N–H and O–H groups in total. The van der Waals surface area contributed by atoms with Gasteiger partial charge in [-0.25, -0.2) is 13.6 Å². The van der Waals surface area contributed by atoms with Gasteiger partial charge >= 0.3 is 0 Å². The van der Waals surface area contributed by atoms with Gasteiger partial charge in [-0.1, -0.05) is 0 Å². The van der Waals surface area contributed by atoms with Gasteiger partial charge in [0.15, 0.2) is 0 Å². The first-order chi connectivity index (χ1) is 6.40. The number of primary sulfonamides is 1. The second kappa shape index (κ2) is 6.62. The zero-order valence-electron chi connectivity index (χ0n) is 8.43. The van der Waals surface area contributed by atoms with Gasteiger partial charge in [0.05, 0.1) is 12.4 Å². The summed E-state index contributed by atoms with van der Waals surface area (Å²) in [5.41, 5.74) is 0. The van der Waals surface area contributed by atoms with Crippen LogP contribution < -0.4 is 10.5 Å². The smallest absolute Gasteiger partial charge is 0.210 e. The summed E-state index contributed by atoms with van der Waals surface area (Å²) < 4.78 is 21.2. The maximum atomic E-state index is 10.6. The Bertz CT molecular complexity index is 239. The Kier molecular flexibility index (Phi) is 6.71. The van der Waals surface area contributed by atoms with E-state index in [1.807, 2.05) is 13.2 Å². The number of thioether (sulfide) groups is 1. The van der Waals surface area contributed by atoms with Crippen LogP contribution in [0.3, 0.4) is 0 Å². The summed E-state index contributed by atoms with van der Waals surface area (Å²) in [6, 6.07) is 0.0664. The monoisotopic (exact) mass is 242 g/mol. The summed E-state index contributed by atoms with van der Waals surface area (Å²) in [4.78, 5) is 0. The maximum absolute atomic E-state index is 10.6. The van der Waals surface area contributed by atoms with E-state index in [1.165, 1.54) is 0 Å². The van der Waals surface area contributed by atoms with Crippen molar-refractivity contribution in [3.05, 3.63) is 0 Å². The Hall–Kier alpha value is 0.180. The quantitative estimate of drug-likeness (QED) is 0.531. The third kappa shape index (κ3) is 6.61. The van der Waals surface area contributed by atoms with Gasteiger partial charge in [0.2, 0.25) is 10.0 Å². The van der Waals surface area contributed by atoms with Crippen molar-refractivity contribution in [2.45, 2.75) is 18.2 Å². The molecule has 0 aliphatic rings. The Balaban J connectivity index is 3.78. The normalized spacial score (nSPS) is 16.6. The van der Waals surface area contributed by atoms with Gasteiger partial charge in [0.1, 0.15) is 0 Å². The number of hydrogen-bond acceptors (Lipinski definition) is 5. The van der Waals surface area contributed by atoms with E-state index in [2.05, 4.69) is 5.32 Å². The largest absolute Gasteiger partial charge is 0.395 e. The van der Waals surface area contributed by atoms with Gasteiger partial charge in [0.25, 0.3) is 0 Å². The van der Waals surface area contributed by atoms with Crippen LogP contribution >= 0.6 is 11.8 Å². The number of aliphatic hydroxyl groups excluding tert-OH is 1. The lowest BCUT2D eigenvalue weighted by Gasteiger charge is -2.20. The maximum Gasteiger partial charge on any atom is 0.210 e. The number of aliphatic hydroxyl groups is 1. The van der Waals surface area contributed by atoms with E-state index in [9.17, 15) is 8.42 Å². The van der Waals surface area contributed by atoms with Crippen molar-refractivity contribution in [1.29, 1.82) is 0 Å². The zero-order valence-corrected chi connectivity index (χ0v) is 10.1. The van der Waals surface area contributed by atoms with E-state index in [-0.39, 0.29) is 23.7 Å². The standard InChI is InChI=1S/C7H18N2O3S2/c1-6(7(5-10)13-2)9-3-4-14(8,11)12/h6-7,9-10H,3-5H2,1-2H3,(H2,8,11,12). The van der Waals surface area contributed by atoms with Crippen molar-refractivity contribution in [3.8, 4) is 0 Å². The number of nitrogens with one attached hydrogen (secondary N) is 1. The molecule has 2 unspecified atom stereocenters. The minimum Gasteiger partial charge on any atom is -0.395 e. The topological polar surface area (TPSA) is 92.4 Å². The first-order valence-electron chi connectivity index (χ1n) is 4.28. The van der Waals surface area contributed by atoms with Crippen molar-refractivity contribution in [2.24, 2.45) is 5.14 Å². The lowest BCUT2D eigenvalue weighted by molar-refractivity contribution is 0.277. The predicted octanol–water partition coefficient (Wildman–Crippen LogP) is -1.02. The van der Waals surface area contributed by atoms with E-state index in [0.717, 1.165) is 0 Å². The van der Waals surface area contributed by atoms with Gasteiger partial charge < -0.3 is 10.4 Å². The van der Waals surface area contributed by atoms with Crippen molar-refractivity contribution >= 4 is 21.8 Å². The average Bonchev–Trinajstić information content (AvgIpc) is 2.04. The van der Waals surface area contributed by atoms with Crippen LogP contribution in [0.15, 0.2) is 0 Å². The number of sulfonamides is 1. The van der Waals surface area contributed by atoms with E-state index in [0.29, 0.717) is 6.54 Å². The molecule has 0 aliphatic carbocycles. The summed E-state index contributed by atoms with van der Waals surface area (Å²) in [6.07, 6.45) is 1.90. The lowest BCUT2D eigenvalue weighted by Crippen LogP contribution is -2.40. The zero-order chi connectivity index (χ0) is 11.2. The van der Waals surface area contributed by atoms with Gasteiger partial charge in [-0.15, -0.1) is 0 Å². The molecule has 0 saturated carbocycles. The molecule has 14 heavy (non-hydrogen) atoms. The second-order valence-corrected chi connectivity index (χ2v) is 5.88. The minimum atomic E-state index is -3.39. The molecule has 0 bridgehead atoms. The van der Waals surface area contributed by atoms with E-state index < -0.39 is 10.0 Å². The Morgan fingerprint density at radius 3 is 2.50 bits per heavy atom. The molecule has 0 heterocycles. The molecule has 0 aromatic rings. The molecule has 0 fully saturated rings. The van der Waals surface area contributed by atoms with Crippen LogP contribution in [0.5, 0.6) is 0 Å². The molecule has 0 radical (unpaired) electrons. The summed E-state index contributed by atoms with van der Waals surface area (Å²) in [5.74, 6) is -0.0795. The molecule has 5 nitrogen and oxygen atoms in total. The Morgan fingerprint density at radius 1 is 1.57 bits per heavy atom. The molecule has 0 aliphatic heterocycles. The van der Waals surface area contributed by atoms with Crippen LogP contribution in [-0.4, -0.2) is 50.0 Å². The molecule has 0 rings (SSSR count). The van der Waals surface area contributed by atoms with Crippen LogP contribution in [0.25, 0.3) is 0 Å². The van der Waals surface area contributed by atoms with Crippen molar-refractivity contribution in [3.63, 3.8) is 0 Å². The molecular formula is C7H18N2O3S2. The van der Waals surface area contributed by atoms with E-state index in [1.54, 1.807) is 11.8 Å². The molecule has 2 atom stereocenters. The SMILES string of the molecule is CSC(CO)C(C)NCCS(N)(=O)=O. The first kappa shape index (κ1) is 14.2. The highest BCUT2D eigenvalue weighted by Crippen LogP contribution is 2.09. The number of rotatable bonds is 7. The van der Waals surface area contributed by atoms with Crippen LogP contribution in [-0.2, 0) is 10.0 Å². The van der Waals surface area contributed by atoms with Crippen LogP contribution in [0.4, 0.5) is 0 Å². The van der Waals surface area contributed by atoms with Gasteiger partial charge in [-0.05, 0) is 13.2 Å². The molecular weight excluding hydrogens is 224 g/mol. The molecule has 0 saturated heterocycles. The third-order valence-electron chi connectivity index (χ3n) is 1.89. The summed E-state index contributed by atoms with van der Waals surface area (Å²) >= 11 is 1.54. The predicted molar refractivity (Wildman–Crippen MR) is 59.8 cm³/mol. The summed E-state index contributed by atoms with van der Waals surface area (Å²) in [5, 5.41) is 16.9. The highest BCUT2D eigenvalue weighted by atomic mass is 32.2. The molecule has 0 spiro atoms. The Morgan fingerprint density at radius 2 is 2.14 bits per heavy atom.